The van der Waals surface area contributed by atoms with Crippen LogP contribution in [-0.2, 0) is 22.4 Å². The molecule has 0 bridgehead atoms. The molecule has 158 valence electrons. The van der Waals surface area contributed by atoms with Crippen LogP contribution in [0.4, 0.5) is 0 Å². The van der Waals surface area contributed by atoms with Gasteiger partial charge in [0.15, 0.2) is 0 Å². The van der Waals surface area contributed by atoms with Crippen molar-refractivity contribution in [2.45, 2.75) is 97.4 Å². The van der Waals surface area contributed by atoms with Crippen molar-refractivity contribution < 1.29 is 24.5 Å². The van der Waals surface area contributed by atoms with Gasteiger partial charge in [-0.15, -0.1) is 0 Å². The molecule has 2 atom stereocenters. The van der Waals surface area contributed by atoms with Gasteiger partial charge in [-0.3, -0.25) is 4.79 Å². The van der Waals surface area contributed by atoms with Gasteiger partial charge in [0.2, 0.25) is 0 Å². The first-order chi connectivity index (χ1) is 13.0. The van der Waals surface area contributed by atoms with Crippen molar-refractivity contribution >= 4 is 5.97 Å². The van der Waals surface area contributed by atoms with Crippen LogP contribution in [-0.4, -0.2) is 40.6 Å². The molecule has 2 unspecified atom stereocenters. The summed E-state index contributed by atoms with van der Waals surface area (Å²) in [5, 5.41) is 20.4. The van der Waals surface area contributed by atoms with E-state index in [1.807, 2.05) is 0 Å². The Bertz CT molecular complexity index is 693. The Morgan fingerprint density at radius 3 is 2.57 bits per heavy atom. The van der Waals surface area contributed by atoms with Gasteiger partial charge in [0, 0.05) is 12.0 Å². The summed E-state index contributed by atoms with van der Waals surface area (Å²) >= 11 is 0. The molecular formula is C23H36O5. The second kappa shape index (κ2) is 9.27. The maximum Gasteiger partial charge on any atom is 0.308 e. The average Bonchev–Trinajstić information content (AvgIpc) is 2.89. The topological polar surface area (TPSA) is 76.0 Å². The Morgan fingerprint density at radius 1 is 1.29 bits per heavy atom. The smallest absolute Gasteiger partial charge is 0.308 e. The largest absolute Gasteiger partial charge is 0.487 e. The number of ether oxygens (including phenoxy) is 2. The SMILES string of the molecule is CCOC(=O)CC(O)CC(O)CCc1c(C(C)C)cc(C)c2c1OC(C)(C)C2. The molecule has 0 radical (unpaired) electrons. The molecule has 1 aliphatic rings. The highest BCUT2D eigenvalue weighted by molar-refractivity contribution is 5.69. The Labute approximate surface area is 169 Å². The highest BCUT2D eigenvalue weighted by Gasteiger charge is 2.34. The van der Waals surface area contributed by atoms with Crippen LogP contribution in [0, 0.1) is 6.92 Å². The van der Waals surface area contributed by atoms with Gasteiger partial charge in [0.1, 0.15) is 11.4 Å². The number of benzene rings is 1. The summed E-state index contributed by atoms with van der Waals surface area (Å²) in [6, 6.07) is 2.26. The summed E-state index contributed by atoms with van der Waals surface area (Å²) in [6.07, 6.45) is 0.585. The zero-order valence-electron chi connectivity index (χ0n) is 18.2. The second-order valence-corrected chi connectivity index (χ2v) is 8.85. The van der Waals surface area contributed by atoms with Crippen molar-refractivity contribution in [3.05, 3.63) is 28.3 Å². The van der Waals surface area contributed by atoms with Crippen LogP contribution >= 0.6 is 0 Å². The molecule has 1 aromatic carbocycles. The zero-order valence-corrected chi connectivity index (χ0v) is 18.2. The minimum absolute atomic E-state index is 0.0840. The minimum atomic E-state index is -0.891. The number of hydrogen-bond acceptors (Lipinski definition) is 5. The molecule has 1 aromatic rings. The van der Waals surface area contributed by atoms with E-state index < -0.39 is 18.2 Å². The quantitative estimate of drug-likeness (QED) is 0.625. The number of fused-ring (bicyclic) bond motifs is 1. The van der Waals surface area contributed by atoms with Crippen LogP contribution in [0.3, 0.4) is 0 Å². The van der Waals surface area contributed by atoms with E-state index in [0.29, 0.717) is 25.4 Å². The number of esters is 1. The van der Waals surface area contributed by atoms with E-state index in [0.717, 1.165) is 12.2 Å². The number of aliphatic hydroxyl groups is 2. The molecule has 5 nitrogen and oxygen atoms in total. The average molecular weight is 393 g/mol. The van der Waals surface area contributed by atoms with Crippen LogP contribution in [0.2, 0.25) is 0 Å². The molecule has 2 N–H and O–H groups in total. The summed E-state index contributed by atoms with van der Waals surface area (Å²) in [5.41, 5.74) is 4.74. The zero-order chi connectivity index (χ0) is 21.1. The van der Waals surface area contributed by atoms with E-state index in [-0.39, 0.29) is 18.4 Å². The molecule has 5 heteroatoms. The third kappa shape index (κ3) is 5.71. The monoisotopic (exact) mass is 392 g/mol. The van der Waals surface area contributed by atoms with Crippen molar-refractivity contribution in [2.75, 3.05) is 6.61 Å². The number of carbonyl (C=O) groups excluding carboxylic acids is 1. The van der Waals surface area contributed by atoms with Crippen LogP contribution in [0.15, 0.2) is 6.07 Å². The number of carbonyl (C=O) groups is 1. The lowest BCUT2D eigenvalue weighted by Gasteiger charge is -2.22. The number of aryl methyl sites for hydroxylation is 1. The van der Waals surface area contributed by atoms with Gasteiger partial charge in [-0.25, -0.2) is 0 Å². The van der Waals surface area contributed by atoms with Crippen molar-refractivity contribution in [2.24, 2.45) is 0 Å². The molecular weight excluding hydrogens is 356 g/mol. The van der Waals surface area contributed by atoms with Gasteiger partial charge in [0.05, 0.1) is 25.2 Å². The predicted octanol–water partition coefficient (Wildman–Crippen LogP) is 3.83. The normalized spacial score (nSPS) is 17.2. The van der Waals surface area contributed by atoms with E-state index in [2.05, 4.69) is 40.7 Å². The molecule has 1 aliphatic heterocycles. The summed E-state index contributed by atoms with van der Waals surface area (Å²) in [4.78, 5) is 11.5. The second-order valence-electron chi connectivity index (χ2n) is 8.85. The van der Waals surface area contributed by atoms with Gasteiger partial charge in [-0.1, -0.05) is 19.9 Å². The van der Waals surface area contributed by atoms with Gasteiger partial charge in [0.25, 0.3) is 0 Å². The summed E-state index contributed by atoms with van der Waals surface area (Å²) in [5.74, 6) is 0.905. The number of rotatable bonds is 9. The summed E-state index contributed by atoms with van der Waals surface area (Å²) in [6.45, 7) is 12.7. The Kier molecular flexibility index (Phi) is 7.52. The van der Waals surface area contributed by atoms with Gasteiger partial charge >= 0.3 is 5.97 Å². The maximum atomic E-state index is 11.5. The lowest BCUT2D eigenvalue weighted by Crippen LogP contribution is -2.25. The number of hydrogen-bond donors (Lipinski definition) is 2. The van der Waals surface area contributed by atoms with Crippen LogP contribution in [0.5, 0.6) is 5.75 Å². The fourth-order valence-corrected chi connectivity index (χ4v) is 3.99. The first-order valence-electron chi connectivity index (χ1n) is 10.4. The van der Waals surface area contributed by atoms with Crippen LogP contribution < -0.4 is 4.74 Å². The molecule has 0 saturated heterocycles. The summed E-state index contributed by atoms with van der Waals surface area (Å²) < 4.78 is 11.1. The van der Waals surface area contributed by atoms with E-state index in [1.54, 1.807) is 6.92 Å². The lowest BCUT2D eigenvalue weighted by atomic mass is 9.87. The summed E-state index contributed by atoms with van der Waals surface area (Å²) in [7, 11) is 0. The van der Waals surface area contributed by atoms with Crippen LogP contribution in [0.25, 0.3) is 0 Å². The Hall–Kier alpha value is -1.59. The third-order valence-corrected chi connectivity index (χ3v) is 5.33. The highest BCUT2D eigenvalue weighted by Crippen LogP contribution is 2.43. The van der Waals surface area contributed by atoms with Crippen LogP contribution in [0.1, 0.15) is 82.1 Å². The standard InChI is InChI=1S/C23H36O5/c1-7-27-21(26)12-17(25)11-16(24)8-9-18-19(14(2)3)10-15(4)20-13-23(5,6)28-22(18)20/h10,14,16-17,24-25H,7-9,11-13H2,1-6H3. The molecule has 0 fully saturated rings. The van der Waals surface area contributed by atoms with Crippen molar-refractivity contribution in [3.8, 4) is 5.75 Å². The van der Waals surface area contributed by atoms with Gasteiger partial charge in [-0.05, 0) is 69.6 Å². The first kappa shape index (κ1) is 22.7. The van der Waals surface area contributed by atoms with Gasteiger partial charge in [-0.2, -0.15) is 0 Å². The minimum Gasteiger partial charge on any atom is -0.487 e. The van der Waals surface area contributed by atoms with E-state index in [1.165, 1.54) is 22.3 Å². The molecule has 0 aliphatic carbocycles. The first-order valence-corrected chi connectivity index (χ1v) is 10.4. The fourth-order valence-electron chi connectivity index (χ4n) is 3.99. The molecule has 0 saturated carbocycles. The molecule has 0 aromatic heterocycles. The highest BCUT2D eigenvalue weighted by atomic mass is 16.5. The molecule has 28 heavy (non-hydrogen) atoms. The molecule has 1 heterocycles. The fraction of sp³-hybridized carbons (Fsp3) is 0.696. The molecule has 0 spiro atoms. The van der Waals surface area contributed by atoms with Crippen molar-refractivity contribution in [3.63, 3.8) is 0 Å². The number of aliphatic hydroxyl groups excluding tert-OH is 2. The van der Waals surface area contributed by atoms with Crippen molar-refractivity contribution in [1.29, 1.82) is 0 Å². The van der Waals surface area contributed by atoms with E-state index in [4.69, 9.17) is 9.47 Å². The third-order valence-electron chi connectivity index (χ3n) is 5.33. The molecule has 0 amide bonds. The van der Waals surface area contributed by atoms with E-state index >= 15 is 0 Å². The molecule has 2 rings (SSSR count). The Morgan fingerprint density at radius 2 is 1.96 bits per heavy atom. The lowest BCUT2D eigenvalue weighted by molar-refractivity contribution is -0.145. The maximum absolute atomic E-state index is 11.5. The Balaban J connectivity index is 2.09. The van der Waals surface area contributed by atoms with Gasteiger partial charge < -0.3 is 19.7 Å². The predicted molar refractivity (Wildman–Crippen MR) is 110 cm³/mol. The van der Waals surface area contributed by atoms with Crippen molar-refractivity contribution in [1.82, 2.24) is 0 Å². The van der Waals surface area contributed by atoms with E-state index in [9.17, 15) is 15.0 Å².